The van der Waals surface area contributed by atoms with Crippen molar-refractivity contribution in [2.75, 3.05) is 19.7 Å². The molecule has 0 aliphatic carbocycles. The molecule has 20 heavy (non-hydrogen) atoms. The van der Waals surface area contributed by atoms with Gasteiger partial charge in [0, 0.05) is 23.8 Å². The lowest BCUT2D eigenvalue weighted by atomic mass is 10.1. The molecule has 1 fully saturated rings. The van der Waals surface area contributed by atoms with Crippen molar-refractivity contribution in [1.29, 1.82) is 0 Å². The van der Waals surface area contributed by atoms with Crippen LogP contribution in [0.15, 0.2) is 12.1 Å². The molecule has 7 heteroatoms. The van der Waals surface area contributed by atoms with Crippen LogP contribution >= 0.6 is 67.8 Å². The van der Waals surface area contributed by atoms with Gasteiger partial charge >= 0.3 is 0 Å². The van der Waals surface area contributed by atoms with E-state index in [-0.39, 0.29) is 24.7 Å². The molecule has 1 amide bonds. The van der Waals surface area contributed by atoms with E-state index in [2.05, 4.69) is 73.8 Å². The zero-order chi connectivity index (χ0) is 14.9. The Morgan fingerprint density at radius 3 is 2.75 bits per heavy atom. The largest absolute Gasteiger partial charge is 0.394 e. The lowest BCUT2D eigenvalue weighted by Crippen LogP contribution is -2.50. The van der Waals surface area contributed by atoms with E-state index in [1.807, 2.05) is 13.0 Å². The number of hydrogen-bond donors (Lipinski definition) is 1. The molecular formula is C13H14I3NO3. The molecule has 110 valence electrons. The second-order valence-corrected chi connectivity index (χ2v) is 8.20. The molecule has 2 rings (SSSR count). The summed E-state index contributed by atoms with van der Waals surface area (Å²) in [6, 6.07) is 3.97. The number of carbonyl (C=O) groups excluding carboxylic acids is 1. The van der Waals surface area contributed by atoms with E-state index in [9.17, 15) is 9.90 Å². The Bertz CT molecular complexity index is 524. The highest BCUT2D eigenvalue weighted by molar-refractivity contribution is 14.1. The average Bonchev–Trinajstić information content (AvgIpc) is 2.41. The number of morpholine rings is 1. The first-order valence-electron chi connectivity index (χ1n) is 6.12. The number of aliphatic hydroxyl groups excluding tert-OH is 1. The van der Waals surface area contributed by atoms with Gasteiger partial charge in [-0.05, 0) is 86.8 Å². The van der Waals surface area contributed by atoms with E-state index < -0.39 is 0 Å². The first-order chi connectivity index (χ1) is 9.42. The fourth-order valence-electron chi connectivity index (χ4n) is 2.19. The molecule has 0 radical (unpaired) electrons. The van der Waals surface area contributed by atoms with Crippen LogP contribution in [0.25, 0.3) is 0 Å². The molecule has 0 bridgehead atoms. The van der Waals surface area contributed by atoms with Gasteiger partial charge in [0.2, 0.25) is 0 Å². The predicted octanol–water partition coefficient (Wildman–Crippen LogP) is 2.72. The Morgan fingerprint density at radius 1 is 1.40 bits per heavy atom. The minimum absolute atomic E-state index is 0.0134. The van der Waals surface area contributed by atoms with Crippen LogP contribution in [0.2, 0.25) is 0 Å². The molecule has 1 aromatic rings. The number of hydrogen-bond acceptors (Lipinski definition) is 3. The monoisotopic (exact) mass is 613 g/mol. The summed E-state index contributed by atoms with van der Waals surface area (Å²) in [5, 5.41) is 9.25. The van der Waals surface area contributed by atoms with Gasteiger partial charge in [-0.1, -0.05) is 0 Å². The summed E-state index contributed by atoms with van der Waals surface area (Å²) in [5.41, 5.74) is 0.729. The first kappa shape index (κ1) is 17.2. The second kappa shape index (κ2) is 7.38. The van der Waals surface area contributed by atoms with Gasteiger partial charge < -0.3 is 14.7 Å². The van der Waals surface area contributed by atoms with Gasteiger partial charge in [0.05, 0.1) is 24.4 Å². The summed E-state index contributed by atoms with van der Waals surface area (Å²) in [7, 11) is 0. The highest BCUT2D eigenvalue weighted by atomic mass is 127. The lowest BCUT2D eigenvalue weighted by Gasteiger charge is -2.36. The Labute approximate surface area is 159 Å². The normalized spacial score (nSPS) is 22.9. The molecule has 1 saturated heterocycles. The summed E-state index contributed by atoms with van der Waals surface area (Å²) < 4.78 is 8.69. The summed E-state index contributed by atoms with van der Waals surface area (Å²) in [6.07, 6.45) is -0.341. The number of rotatable bonds is 2. The molecule has 1 heterocycles. The number of carbonyl (C=O) groups is 1. The summed E-state index contributed by atoms with van der Waals surface area (Å²) in [5.74, 6) is 0.0134. The topological polar surface area (TPSA) is 49.8 Å². The molecule has 0 aromatic heterocycles. The van der Waals surface area contributed by atoms with E-state index in [0.717, 1.165) is 16.3 Å². The fraction of sp³-hybridized carbons (Fsp3) is 0.462. The number of aliphatic hydroxyl groups is 1. The molecule has 4 nitrogen and oxygen atoms in total. The fourth-order valence-corrected chi connectivity index (χ4v) is 4.58. The van der Waals surface area contributed by atoms with E-state index in [4.69, 9.17) is 4.74 Å². The molecule has 2 unspecified atom stereocenters. The summed E-state index contributed by atoms with van der Waals surface area (Å²) >= 11 is 6.69. The molecule has 1 aliphatic heterocycles. The molecule has 0 saturated carbocycles. The molecule has 1 aliphatic rings. The third kappa shape index (κ3) is 3.96. The zero-order valence-corrected chi connectivity index (χ0v) is 17.2. The van der Waals surface area contributed by atoms with Crippen molar-refractivity contribution in [3.05, 3.63) is 28.4 Å². The minimum atomic E-state index is -0.290. The highest BCUT2D eigenvalue weighted by Gasteiger charge is 2.29. The van der Waals surface area contributed by atoms with E-state index >= 15 is 0 Å². The van der Waals surface area contributed by atoms with E-state index in [1.54, 1.807) is 4.90 Å². The Morgan fingerprint density at radius 2 is 2.10 bits per heavy atom. The van der Waals surface area contributed by atoms with E-state index in [0.29, 0.717) is 13.1 Å². The highest BCUT2D eigenvalue weighted by Crippen LogP contribution is 2.25. The van der Waals surface area contributed by atoms with Gasteiger partial charge in [-0.25, -0.2) is 0 Å². The Hall–Kier alpha value is 0.800. The summed E-state index contributed by atoms with van der Waals surface area (Å²) in [4.78, 5) is 14.5. The number of amides is 1. The van der Waals surface area contributed by atoms with Crippen molar-refractivity contribution >= 4 is 73.7 Å². The maximum Gasteiger partial charge on any atom is 0.255 e. The lowest BCUT2D eigenvalue weighted by molar-refractivity contribution is -0.0858. The van der Waals surface area contributed by atoms with Crippen molar-refractivity contribution in [1.82, 2.24) is 4.90 Å². The molecule has 1 N–H and O–H groups in total. The van der Waals surface area contributed by atoms with Gasteiger partial charge in [-0.2, -0.15) is 0 Å². The van der Waals surface area contributed by atoms with Crippen molar-refractivity contribution in [2.24, 2.45) is 0 Å². The molecule has 2 atom stereocenters. The van der Waals surface area contributed by atoms with Crippen LogP contribution in [-0.4, -0.2) is 47.8 Å². The summed E-state index contributed by atoms with van der Waals surface area (Å²) in [6.45, 7) is 2.87. The van der Waals surface area contributed by atoms with Crippen LogP contribution in [0.1, 0.15) is 17.3 Å². The number of nitrogens with zero attached hydrogens (tertiary/aromatic N) is 1. The predicted molar refractivity (Wildman–Crippen MR) is 102 cm³/mol. The quantitative estimate of drug-likeness (QED) is 0.413. The van der Waals surface area contributed by atoms with Crippen LogP contribution in [0, 0.1) is 10.7 Å². The van der Waals surface area contributed by atoms with Gasteiger partial charge in [0.25, 0.3) is 5.91 Å². The van der Waals surface area contributed by atoms with Gasteiger partial charge in [0.15, 0.2) is 0 Å². The molecule has 1 aromatic carbocycles. The Balaban J connectivity index is 2.27. The maximum absolute atomic E-state index is 12.7. The van der Waals surface area contributed by atoms with Crippen LogP contribution in [0.5, 0.6) is 0 Å². The molecular weight excluding hydrogens is 599 g/mol. The van der Waals surface area contributed by atoms with Crippen molar-refractivity contribution in [3.63, 3.8) is 0 Å². The standard InChI is InChI=1S/C13H14I3NO3/c1-7-4-17(5-9(6-18)20-7)13(19)10-2-8(14)3-11(15)12(10)16/h2-3,7,9,18H,4-6H2,1H3. The van der Waals surface area contributed by atoms with E-state index in [1.165, 1.54) is 0 Å². The van der Waals surface area contributed by atoms with Crippen molar-refractivity contribution in [2.45, 2.75) is 19.1 Å². The maximum atomic E-state index is 12.7. The number of benzene rings is 1. The number of halogens is 3. The molecule has 0 spiro atoms. The Kier molecular flexibility index (Phi) is 6.33. The zero-order valence-electron chi connectivity index (χ0n) is 10.8. The average molecular weight is 613 g/mol. The van der Waals surface area contributed by atoms with Gasteiger partial charge in [-0.3, -0.25) is 4.79 Å². The van der Waals surface area contributed by atoms with Gasteiger partial charge in [-0.15, -0.1) is 0 Å². The van der Waals surface area contributed by atoms with Crippen LogP contribution in [0.3, 0.4) is 0 Å². The van der Waals surface area contributed by atoms with Crippen molar-refractivity contribution in [3.8, 4) is 0 Å². The SMILES string of the molecule is CC1CN(C(=O)c2cc(I)cc(I)c2I)CC(CO)O1. The van der Waals surface area contributed by atoms with Crippen LogP contribution in [0.4, 0.5) is 0 Å². The minimum Gasteiger partial charge on any atom is -0.394 e. The number of ether oxygens (including phenoxy) is 1. The third-order valence-corrected chi connectivity index (χ3v) is 6.71. The first-order valence-corrected chi connectivity index (χ1v) is 9.36. The third-order valence-electron chi connectivity index (χ3n) is 3.04. The van der Waals surface area contributed by atoms with Crippen LogP contribution in [-0.2, 0) is 4.74 Å². The van der Waals surface area contributed by atoms with Crippen LogP contribution < -0.4 is 0 Å². The second-order valence-electron chi connectivity index (χ2n) is 4.71. The van der Waals surface area contributed by atoms with Crippen molar-refractivity contribution < 1.29 is 14.6 Å². The van der Waals surface area contributed by atoms with Gasteiger partial charge in [0.1, 0.15) is 0 Å². The smallest absolute Gasteiger partial charge is 0.255 e.